The Morgan fingerprint density at radius 2 is 2.04 bits per heavy atom. The van der Waals surface area contributed by atoms with Crippen molar-refractivity contribution in [2.75, 3.05) is 42.3 Å². The van der Waals surface area contributed by atoms with Crippen molar-refractivity contribution in [2.24, 2.45) is 0 Å². The Balaban J connectivity index is 1.65. The number of para-hydroxylation sites is 1. The number of hydrogen-bond acceptors (Lipinski definition) is 6. The largest absolute Gasteiger partial charge is 0.368 e. The van der Waals surface area contributed by atoms with Crippen LogP contribution in [-0.2, 0) is 0 Å². The summed E-state index contributed by atoms with van der Waals surface area (Å²) in [6, 6.07) is 8.90. The maximum atomic E-state index is 14.2. The lowest BCUT2D eigenvalue weighted by atomic mass is 10.0. The molecule has 1 aliphatic heterocycles. The first kappa shape index (κ1) is 17.0. The van der Waals surface area contributed by atoms with Gasteiger partial charge in [-0.2, -0.15) is 5.26 Å². The van der Waals surface area contributed by atoms with E-state index in [4.69, 9.17) is 0 Å². The monoisotopic (exact) mass is 340 g/mol. The van der Waals surface area contributed by atoms with Crippen LogP contribution in [0.3, 0.4) is 0 Å². The van der Waals surface area contributed by atoms with E-state index in [2.05, 4.69) is 21.4 Å². The molecule has 3 rings (SSSR count). The lowest BCUT2D eigenvalue weighted by Gasteiger charge is -2.34. The van der Waals surface area contributed by atoms with Crippen LogP contribution in [0.4, 0.5) is 21.7 Å². The van der Waals surface area contributed by atoms with Gasteiger partial charge in [0.25, 0.3) is 0 Å². The minimum Gasteiger partial charge on any atom is -0.368 e. The Morgan fingerprint density at radius 1 is 1.28 bits per heavy atom. The summed E-state index contributed by atoms with van der Waals surface area (Å²) in [6.07, 6.45) is 3.24. The number of halogens is 1. The number of nitrogens with one attached hydrogen (secondary N) is 1. The van der Waals surface area contributed by atoms with Crippen molar-refractivity contribution >= 4 is 17.3 Å². The zero-order valence-corrected chi connectivity index (χ0v) is 14.4. The summed E-state index contributed by atoms with van der Waals surface area (Å²) in [6.45, 7) is 1.39. The van der Waals surface area contributed by atoms with Crippen LogP contribution >= 0.6 is 0 Å². The molecule has 1 aromatic carbocycles. The molecule has 0 unspecified atom stereocenters. The third-order valence-corrected chi connectivity index (χ3v) is 4.38. The number of nitriles is 1. The van der Waals surface area contributed by atoms with E-state index in [1.807, 2.05) is 30.0 Å². The molecule has 25 heavy (non-hydrogen) atoms. The van der Waals surface area contributed by atoms with E-state index in [1.54, 1.807) is 18.5 Å². The van der Waals surface area contributed by atoms with E-state index < -0.39 is 0 Å². The molecule has 2 aromatic rings. The Morgan fingerprint density at radius 3 is 2.72 bits per heavy atom. The van der Waals surface area contributed by atoms with E-state index in [0.717, 1.165) is 24.5 Å². The van der Waals surface area contributed by atoms with Crippen LogP contribution in [0.5, 0.6) is 0 Å². The summed E-state index contributed by atoms with van der Waals surface area (Å²) in [7, 11) is 3.87. The Bertz CT molecular complexity index is 777. The molecule has 0 saturated carbocycles. The quantitative estimate of drug-likeness (QED) is 0.923. The van der Waals surface area contributed by atoms with Crippen molar-refractivity contribution in [1.29, 1.82) is 5.26 Å². The summed E-state index contributed by atoms with van der Waals surface area (Å²) in [5.41, 5.74) is 0.804. The van der Waals surface area contributed by atoms with Crippen LogP contribution in [0.2, 0.25) is 0 Å². The molecular formula is C18H21FN6. The van der Waals surface area contributed by atoms with Gasteiger partial charge in [0.1, 0.15) is 29.8 Å². The van der Waals surface area contributed by atoms with E-state index >= 15 is 0 Å². The number of nitrogens with zero attached hydrogens (tertiary/aromatic N) is 5. The van der Waals surface area contributed by atoms with Crippen LogP contribution < -0.4 is 15.1 Å². The number of hydrogen-bond donors (Lipinski definition) is 1. The molecule has 2 heterocycles. The highest BCUT2D eigenvalue weighted by Crippen LogP contribution is 2.27. The van der Waals surface area contributed by atoms with E-state index in [-0.39, 0.29) is 11.9 Å². The van der Waals surface area contributed by atoms with E-state index in [9.17, 15) is 9.65 Å². The molecule has 1 saturated heterocycles. The van der Waals surface area contributed by atoms with Crippen molar-refractivity contribution in [3.8, 4) is 6.07 Å². The van der Waals surface area contributed by atoms with Gasteiger partial charge < -0.3 is 15.1 Å². The molecule has 0 amide bonds. The van der Waals surface area contributed by atoms with Crippen LogP contribution in [-0.4, -0.2) is 43.2 Å². The topological polar surface area (TPSA) is 68.1 Å². The highest BCUT2D eigenvalue weighted by molar-refractivity contribution is 5.60. The first-order valence-electron chi connectivity index (χ1n) is 8.28. The molecule has 1 N–H and O–H groups in total. The second kappa shape index (κ2) is 7.34. The smallest absolute Gasteiger partial charge is 0.147 e. The highest BCUT2D eigenvalue weighted by atomic mass is 19.1. The maximum absolute atomic E-state index is 14.2. The lowest BCUT2D eigenvalue weighted by molar-refractivity contribution is 0.515. The Labute approximate surface area is 146 Å². The van der Waals surface area contributed by atoms with Gasteiger partial charge in [-0.25, -0.2) is 14.4 Å². The third-order valence-electron chi connectivity index (χ3n) is 4.38. The van der Waals surface area contributed by atoms with Gasteiger partial charge in [0.15, 0.2) is 0 Å². The van der Waals surface area contributed by atoms with Crippen LogP contribution in [0.1, 0.15) is 18.4 Å². The normalized spacial score (nSPS) is 14.9. The Kier molecular flexibility index (Phi) is 4.98. The number of rotatable bonds is 4. The second-order valence-electron chi connectivity index (χ2n) is 6.31. The minimum atomic E-state index is -0.336. The molecule has 0 spiro atoms. The number of anilines is 3. The first-order valence-corrected chi connectivity index (χ1v) is 8.28. The van der Waals surface area contributed by atoms with Crippen LogP contribution in [0.15, 0.2) is 30.6 Å². The molecule has 0 radical (unpaired) electrons. The number of aromatic nitrogens is 2. The minimum absolute atomic E-state index is 0.262. The van der Waals surface area contributed by atoms with Crippen molar-refractivity contribution in [3.63, 3.8) is 0 Å². The molecule has 0 aliphatic carbocycles. The van der Waals surface area contributed by atoms with Crippen LogP contribution in [0, 0.1) is 17.1 Å². The van der Waals surface area contributed by atoms with Crippen molar-refractivity contribution in [1.82, 2.24) is 9.97 Å². The summed E-state index contributed by atoms with van der Waals surface area (Å²) in [5, 5.41) is 12.6. The molecule has 130 valence electrons. The SMILES string of the molecule is CN(C)c1cc(NC2CCN(c3c(F)cccc3C#N)CC2)ncn1. The van der Waals surface area contributed by atoms with E-state index in [0.29, 0.717) is 24.3 Å². The summed E-state index contributed by atoms with van der Waals surface area (Å²) < 4.78 is 14.2. The van der Waals surface area contributed by atoms with Gasteiger partial charge >= 0.3 is 0 Å². The summed E-state index contributed by atoms with van der Waals surface area (Å²) in [5.74, 6) is 1.30. The standard InChI is InChI=1S/C18H21FN6/c1-24(2)17-10-16(21-12-22-17)23-14-6-8-25(9-7-14)18-13(11-20)4-3-5-15(18)19/h3-5,10,12,14H,6-9H2,1-2H3,(H,21,22,23). The third kappa shape index (κ3) is 3.79. The van der Waals surface area contributed by atoms with Gasteiger partial charge in [0, 0.05) is 39.3 Å². The Hall–Kier alpha value is -2.88. The van der Waals surface area contributed by atoms with Gasteiger partial charge in [0.2, 0.25) is 0 Å². The molecule has 7 heteroatoms. The molecular weight excluding hydrogens is 319 g/mol. The zero-order valence-electron chi connectivity index (χ0n) is 14.4. The zero-order chi connectivity index (χ0) is 17.8. The molecule has 6 nitrogen and oxygen atoms in total. The molecule has 1 fully saturated rings. The summed E-state index contributed by atoms with van der Waals surface area (Å²) >= 11 is 0. The summed E-state index contributed by atoms with van der Waals surface area (Å²) in [4.78, 5) is 12.4. The van der Waals surface area contributed by atoms with Crippen LogP contribution in [0.25, 0.3) is 0 Å². The molecule has 0 atom stereocenters. The van der Waals surface area contributed by atoms with Gasteiger partial charge in [-0.05, 0) is 25.0 Å². The molecule has 1 aromatic heterocycles. The van der Waals surface area contributed by atoms with E-state index in [1.165, 1.54) is 6.07 Å². The predicted molar refractivity (Wildman–Crippen MR) is 96.3 cm³/mol. The molecule has 0 bridgehead atoms. The number of benzene rings is 1. The van der Waals surface area contributed by atoms with Crippen molar-refractivity contribution in [3.05, 3.63) is 42.0 Å². The molecule has 1 aliphatic rings. The average molecular weight is 340 g/mol. The average Bonchev–Trinajstić information content (AvgIpc) is 2.62. The van der Waals surface area contributed by atoms with Crippen molar-refractivity contribution in [2.45, 2.75) is 18.9 Å². The van der Waals surface area contributed by atoms with Gasteiger partial charge in [0.05, 0.1) is 11.3 Å². The lowest BCUT2D eigenvalue weighted by Crippen LogP contribution is -2.40. The fourth-order valence-electron chi connectivity index (χ4n) is 3.05. The predicted octanol–water partition coefficient (Wildman–Crippen LogP) is 2.63. The fourth-order valence-corrected chi connectivity index (χ4v) is 3.05. The maximum Gasteiger partial charge on any atom is 0.147 e. The highest BCUT2D eigenvalue weighted by Gasteiger charge is 2.23. The van der Waals surface area contributed by atoms with Crippen molar-refractivity contribution < 1.29 is 4.39 Å². The number of piperidine rings is 1. The van der Waals surface area contributed by atoms with Gasteiger partial charge in [-0.1, -0.05) is 6.07 Å². The fraction of sp³-hybridized carbons (Fsp3) is 0.389. The van der Waals surface area contributed by atoms with Gasteiger partial charge in [-0.15, -0.1) is 0 Å². The second-order valence-corrected chi connectivity index (χ2v) is 6.31. The first-order chi connectivity index (χ1) is 12.1. The van der Waals surface area contributed by atoms with Gasteiger partial charge in [-0.3, -0.25) is 0 Å².